The van der Waals surface area contributed by atoms with Crippen molar-refractivity contribution in [3.63, 3.8) is 0 Å². The Labute approximate surface area is 183 Å². The van der Waals surface area contributed by atoms with Gasteiger partial charge in [-0.3, -0.25) is 4.79 Å². The van der Waals surface area contributed by atoms with Gasteiger partial charge < -0.3 is 19.4 Å². The van der Waals surface area contributed by atoms with E-state index in [1.54, 1.807) is 0 Å². The van der Waals surface area contributed by atoms with E-state index in [1.165, 1.54) is 0 Å². The number of hydrogen-bond acceptors (Lipinski definition) is 6. The Morgan fingerprint density at radius 1 is 1.13 bits per heavy atom. The van der Waals surface area contributed by atoms with Crippen LogP contribution in [0.4, 0.5) is 5.82 Å². The van der Waals surface area contributed by atoms with Crippen molar-refractivity contribution in [1.82, 2.24) is 15.0 Å². The standard InChI is InChI=1S/C24H32N4O3/c1-16-22(17(2)31-26-16)18-4-9-21(25-14-18)27-12-3-10-24(15-27)11-13-28(23(24)30)19-5-7-20(29)8-6-19/h4,9,14,19-20,29H,3,5-8,10-13,15H2,1-2H3/t19-,20-,24?. The summed E-state index contributed by atoms with van der Waals surface area (Å²) in [5.74, 6) is 2.06. The number of amides is 1. The molecule has 3 aliphatic rings. The molecule has 2 aromatic heterocycles. The molecule has 1 atom stereocenters. The quantitative estimate of drug-likeness (QED) is 0.812. The molecule has 166 valence electrons. The van der Waals surface area contributed by atoms with Crippen LogP contribution in [-0.2, 0) is 4.79 Å². The number of nitrogens with zero attached hydrogens (tertiary/aromatic N) is 4. The van der Waals surface area contributed by atoms with Gasteiger partial charge in [0.25, 0.3) is 0 Å². The van der Waals surface area contributed by atoms with Crippen molar-refractivity contribution in [3.05, 3.63) is 29.8 Å². The summed E-state index contributed by atoms with van der Waals surface area (Å²) in [4.78, 5) is 22.7. The highest BCUT2D eigenvalue weighted by molar-refractivity contribution is 5.86. The number of likely N-dealkylation sites (tertiary alicyclic amines) is 1. The van der Waals surface area contributed by atoms with Gasteiger partial charge in [-0.15, -0.1) is 0 Å². The molecule has 1 unspecified atom stereocenters. The van der Waals surface area contributed by atoms with Crippen LogP contribution in [0, 0.1) is 19.3 Å². The first-order valence-electron chi connectivity index (χ1n) is 11.6. The smallest absolute Gasteiger partial charge is 0.230 e. The fraction of sp³-hybridized carbons (Fsp3) is 0.625. The van der Waals surface area contributed by atoms with E-state index in [0.717, 1.165) is 93.0 Å². The van der Waals surface area contributed by atoms with Crippen LogP contribution in [0.2, 0.25) is 0 Å². The molecule has 5 rings (SSSR count). The molecule has 4 heterocycles. The minimum absolute atomic E-state index is 0.187. The lowest BCUT2D eigenvalue weighted by Crippen LogP contribution is -2.50. The number of aliphatic hydroxyl groups is 1. The van der Waals surface area contributed by atoms with Crippen LogP contribution in [0.1, 0.15) is 56.4 Å². The molecule has 31 heavy (non-hydrogen) atoms. The average molecular weight is 425 g/mol. The van der Waals surface area contributed by atoms with E-state index < -0.39 is 0 Å². The van der Waals surface area contributed by atoms with Crippen LogP contribution in [0.5, 0.6) is 0 Å². The molecular weight excluding hydrogens is 392 g/mol. The highest BCUT2D eigenvalue weighted by atomic mass is 16.5. The summed E-state index contributed by atoms with van der Waals surface area (Å²) >= 11 is 0. The van der Waals surface area contributed by atoms with Crippen molar-refractivity contribution < 1.29 is 14.4 Å². The molecular formula is C24H32N4O3. The normalized spacial score (nSPS) is 29.2. The average Bonchev–Trinajstić information content (AvgIpc) is 3.28. The summed E-state index contributed by atoms with van der Waals surface area (Å²) in [5, 5.41) is 13.9. The zero-order valence-corrected chi connectivity index (χ0v) is 18.5. The van der Waals surface area contributed by atoms with Crippen molar-refractivity contribution in [2.45, 2.75) is 70.9 Å². The van der Waals surface area contributed by atoms with Crippen molar-refractivity contribution in [1.29, 1.82) is 0 Å². The molecule has 1 N–H and O–H groups in total. The molecule has 2 aliphatic heterocycles. The predicted molar refractivity (Wildman–Crippen MR) is 118 cm³/mol. The predicted octanol–water partition coefficient (Wildman–Crippen LogP) is 3.48. The minimum atomic E-state index is -0.281. The van der Waals surface area contributed by atoms with E-state index in [1.807, 2.05) is 20.0 Å². The van der Waals surface area contributed by atoms with E-state index in [2.05, 4.69) is 27.1 Å². The van der Waals surface area contributed by atoms with Gasteiger partial charge in [0.15, 0.2) is 0 Å². The van der Waals surface area contributed by atoms with Crippen LogP contribution in [-0.4, -0.2) is 57.8 Å². The lowest BCUT2D eigenvalue weighted by atomic mass is 9.78. The number of aromatic nitrogens is 2. The summed E-state index contributed by atoms with van der Waals surface area (Å²) < 4.78 is 5.29. The second-order valence-corrected chi connectivity index (χ2v) is 9.62. The largest absolute Gasteiger partial charge is 0.393 e. The maximum Gasteiger partial charge on any atom is 0.230 e. The Bertz CT molecular complexity index is 929. The van der Waals surface area contributed by atoms with Crippen LogP contribution in [0.25, 0.3) is 11.1 Å². The number of hydrogen-bond donors (Lipinski definition) is 1. The van der Waals surface area contributed by atoms with Gasteiger partial charge in [-0.05, 0) is 70.9 Å². The third kappa shape index (κ3) is 3.63. The third-order valence-corrected chi connectivity index (χ3v) is 7.62. The van der Waals surface area contributed by atoms with Crippen molar-refractivity contribution in [3.8, 4) is 11.1 Å². The van der Waals surface area contributed by atoms with Crippen molar-refractivity contribution >= 4 is 11.7 Å². The van der Waals surface area contributed by atoms with Gasteiger partial charge in [-0.1, -0.05) is 5.16 Å². The molecule has 1 amide bonds. The summed E-state index contributed by atoms with van der Waals surface area (Å²) in [6, 6.07) is 4.43. The molecule has 1 aliphatic carbocycles. The molecule has 0 aromatic carbocycles. The molecule has 0 radical (unpaired) electrons. The SMILES string of the molecule is Cc1noc(C)c1-c1ccc(N2CCCC3(CCN([C@H]4CC[C@H](O)CC4)C3=O)C2)nc1. The maximum absolute atomic E-state index is 13.5. The van der Waals surface area contributed by atoms with Crippen molar-refractivity contribution in [2.75, 3.05) is 24.5 Å². The number of aliphatic hydroxyl groups excluding tert-OH is 1. The number of piperidine rings is 1. The zero-order chi connectivity index (χ0) is 21.6. The molecule has 2 aromatic rings. The molecule has 1 spiro atoms. The first-order valence-corrected chi connectivity index (χ1v) is 11.6. The number of carbonyl (C=O) groups excluding carboxylic acids is 1. The fourth-order valence-electron chi connectivity index (χ4n) is 5.89. The van der Waals surface area contributed by atoms with Crippen LogP contribution < -0.4 is 4.90 Å². The molecule has 7 heteroatoms. The van der Waals surface area contributed by atoms with Crippen LogP contribution >= 0.6 is 0 Å². The van der Waals surface area contributed by atoms with E-state index in [0.29, 0.717) is 11.9 Å². The Balaban J connectivity index is 1.31. The Morgan fingerprint density at radius 3 is 2.61 bits per heavy atom. The van der Waals surface area contributed by atoms with E-state index >= 15 is 0 Å². The van der Waals surface area contributed by atoms with Gasteiger partial charge in [0.05, 0.1) is 17.2 Å². The first-order chi connectivity index (χ1) is 15.0. The topological polar surface area (TPSA) is 82.7 Å². The summed E-state index contributed by atoms with van der Waals surface area (Å²) in [6.45, 7) is 6.39. The van der Waals surface area contributed by atoms with E-state index in [-0.39, 0.29) is 11.5 Å². The molecule has 1 saturated carbocycles. The van der Waals surface area contributed by atoms with Gasteiger partial charge >= 0.3 is 0 Å². The van der Waals surface area contributed by atoms with Gasteiger partial charge in [0, 0.05) is 43.0 Å². The number of rotatable bonds is 3. The Hall–Kier alpha value is -2.41. The number of pyridine rings is 1. The monoisotopic (exact) mass is 424 g/mol. The Kier molecular flexibility index (Phi) is 5.24. The van der Waals surface area contributed by atoms with Gasteiger partial charge in [0.2, 0.25) is 5.91 Å². The van der Waals surface area contributed by atoms with Crippen LogP contribution in [0.3, 0.4) is 0 Å². The first kappa shape index (κ1) is 20.5. The lowest BCUT2D eigenvalue weighted by molar-refractivity contribution is -0.139. The fourth-order valence-corrected chi connectivity index (χ4v) is 5.89. The molecule has 0 bridgehead atoms. The van der Waals surface area contributed by atoms with Gasteiger partial charge in [0.1, 0.15) is 11.6 Å². The zero-order valence-electron chi connectivity index (χ0n) is 18.5. The number of carbonyl (C=O) groups is 1. The van der Waals surface area contributed by atoms with E-state index in [9.17, 15) is 9.90 Å². The Morgan fingerprint density at radius 2 is 1.94 bits per heavy atom. The lowest BCUT2D eigenvalue weighted by Gasteiger charge is -2.41. The van der Waals surface area contributed by atoms with Crippen molar-refractivity contribution in [2.24, 2.45) is 5.41 Å². The maximum atomic E-state index is 13.5. The van der Waals surface area contributed by atoms with E-state index in [4.69, 9.17) is 9.51 Å². The molecule has 7 nitrogen and oxygen atoms in total. The van der Waals surface area contributed by atoms with Gasteiger partial charge in [-0.2, -0.15) is 0 Å². The second kappa shape index (κ2) is 7.93. The summed E-state index contributed by atoms with van der Waals surface area (Å²) in [6.07, 6.45) is 8.09. The highest BCUT2D eigenvalue weighted by Gasteiger charge is 2.50. The number of aryl methyl sites for hydroxylation is 2. The number of anilines is 1. The minimum Gasteiger partial charge on any atom is -0.393 e. The third-order valence-electron chi connectivity index (χ3n) is 7.62. The summed E-state index contributed by atoms with van der Waals surface area (Å²) in [7, 11) is 0. The molecule has 2 saturated heterocycles. The van der Waals surface area contributed by atoms with Gasteiger partial charge in [-0.25, -0.2) is 4.98 Å². The highest BCUT2D eigenvalue weighted by Crippen LogP contribution is 2.43. The van der Waals surface area contributed by atoms with Crippen LogP contribution in [0.15, 0.2) is 22.9 Å². The summed E-state index contributed by atoms with van der Waals surface area (Å²) in [5.41, 5.74) is 2.61. The second-order valence-electron chi connectivity index (χ2n) is 9.62. The molecule has 3 fully saturated rings.